The first-order chi connectivity index (χ1) is 13.1. The Balaban J connectivity index is 2.81. The molecular formula is C24H33NO3. The third-order valence-electron chi connectivity index (χ3n) is 4.93. The van der Waals surface area contributed by atoms with Crippen LogP contribution in [-0.2, 0) is 4.79 Å². The summed E-state index contributed by atoms with van der Waals surface area (Å²) in [7, 11) is 0. The SMILES string of the molecule is C=CCN(C(=O)O)C(=O)/C=C(C)/C=C/C=C(C)/C=C/C1=C(C)CCCC1(C)C. The molecule has 2 amide bonds. The Morgan fingerprint density at radius 2 is 1.89 bits per heavy atom. The molecule has 4 nitrogen and oxygen atoms in total. The van der Waals surface area contributed by atoms with Gasteiger partial charge in [0.15, 0.2) is 0 Å². The van der Waals surface area contributed by atoms with Crippen molar-refractivity contribution in [3.8, 4) is 0 Å². The van der Waals surface area contributed by atoms with Crippen LogP contribution in [0.25, 0.3) is 0 Å². The average molecular weight is 384 g/mol. The molecule has 0 fully saturated rings. The number of hydrogen-bond acceptors (Lipinski definition) is 2. The summed E-state index contributed by atoms with van der Waals surface area (Å²) in [6.07, 6.45) is 15.0. The first-order valence-electron chi connectivity index (χ1n) is 9.65. The first-order valence-corrected chi connectivity index (χ1v) is 9.65. The molecule has 152 valence electrons. The highest BCUT2D eigenvalue weighted by atomic mass is 16.4. The maximum Gasteiger partial charge on any atom is 0.414 e. The zero-order valence-corrected chi connectivity index (χ0v) is 17.8. The van der Waals surface area contributed by atoms with E-state index in [9.17, 15) is 9.59 Å². The Kier molecular flexibility index (Phi) is 8.90. The molecule has 1 aliphatic carbocycles. The molecule has 0 aliphatic heterocycles. The Labute approximate surface area is 169 Å². The van der Waals surface area contributed by atoms with Gasteiger partial charge in [-0.2, -0.15) is 0 Å². The van der Waals surface area contributed by atoms with Gasteiger partial charge in [-0.05, 0) is 56.6 Å². The van der Waals surface area contributed by atoms with Crippen molar-refractivity contribution in [2.45, 2.75) is 53.9 Å². The van der Waals surface area contributed by atoms with Crippen LogP contribution < -0.4 is 0 Å². The van der Waals surface area contributed by atoms with Gasteiger partial charge < -0.3 is 5.11 Å². The normalized spacial score (nSPS) is 18.0. The van der Waals surface area contributed by atoms with Crippen molar-refractivity contribution >= 4 is 12.0 Å². The highest BCUT2D eigenvalue weighted by Crippen LogP contribution is 2.40. The summed E-state index contributed by atoms with van der Waals surface area (Å²) in [4.78, 5) is 23.8. The number of allylic oxidation sites excluding steroid dienone is 9. The van der Waals surface area contributed by atoms with E-state index >= 15 is 0 Å². The lowest BCUT2D eigenvalue weighted by Gasteiger charge is -2.32. The fraction of sp³-hybridized carbons (Fsp3) is 0.417. The molecule has 0 bridgehead atoms. The second-order valence-corrected chi connectivity index (χ2v) is 7.94. The first kappa shape index (κ1) is 23.4. The molecular weight excluding hydrogens is 350 g/mol. The van der Waals surface area contributed by atoms with Crippen molar-refractivity contribution in [2.75, 3.05) is 6.54 Å². The lowest BCUT2D eigenvalue weighted by atomic mass is 9.72. The summed E-state index contributed by atoms with van der Waals surface area (Å²) in [5.74, 6) is -0.572. The fourth-order valence-electron chi connectivity index (χ4n) is 3.34. The molecule has 1 N–H and O–H groups in total. The maximum absolute atomic E-state index is 12.0. The molecule has 0 aromatic rings. The average Bonchev–Trinajstić information content (AvgIpc) is 2.58. The molecule has 0 saturated carbocycles. The van der Waals surface area contributed by atoms with E-state index < -0.39 is 12.0 Å². The van der Waals surface area contributed by atoms with E-state index in [0.717, 1.165) is 10.5 Å². The summed E-state index contributed by atoms with van der Waals surface area (Å²) in [6, 6.07) is 0. The van der Waals surface area contributed by atoms with Crippen molar-refractivity contribution in [3.63, 3.8) is 0 Å². The van der Waals surface area contributed by atoms with E-state index in [1.54, 1.807) is 13.0 Å². The van der Waals surface area contributed by atoms with Gasteiger partial charge in [0.25, 0.3) is 5.91 Å². The minimum atomic E-state index is -1.28. The standard InChI is InChI=1S/C24H33NO3/c1-7-16-25(23(27)28)22(26)17-19(3)11-8-10-18(2)13-14-21-20(4)12-9-15-24(21,5)6/h7-8,10-11,13-14,17H,1,9,12,15-16H2,2-6H3,(H,27,28)/b11-8+,14-13+,18-10+,19-17+. The Morgan fingerprint density at radius 1 is 1.21 bits per heavy atom. The Bertz CT molecular complexity index is 761. The van der Waals surface area contributed by atoms with E-state index in [1.807, 2.05) is 19.1 Å². The van der Waals surface area contributed by atoms with Crippen LogP contribution in [0.5, 0.6) is 0 Å². The number of amides is 2. The van der Waals surface area contributed by atoms with E-state index in [4.69, 9.17) is 5.11 Å². The lowest BCUT2D eigenvalue weighted by Crippen LogP contribution is -2.34. The third-order valence-corrected chi connectivity index (χ3v) is 4.93. The van der Waals surface area contributed by atoms with Gasteiger partial charge in [-0.25, -0.2) is 9.69 Å². The van der Waals surface area contributed by atoms with E-state index in [1.165, 1.54) is 42.6 Å². The summed E-state index contributed by atoms with van der Waals surface area (Å²) in [5, 5.41) is 9.05. The van der Waals surface area contributed by atoms with Gasteiger partial charge >= 0.3 is 6.09 Å². The Hall–Kier alpha value is -2.62. The number of nitrogens with zero attached hydrogens (tertiary/aromatic N) is 1. The molecule has 0 unspecified atom stereocenters. The van der Waals surface area contributed by atoms with Gasteiger partial charge in [-0.15, -0.1) is 6.58 Å². The topological polar surface area (TPSA) is 57.6 Å². The summed E-state index contributed by atoms with van der Waals surface area (Å²) < 4.78 is 0. The zero-order valence-electron chi connectivity index (χ0n) is 17.8. The molecule has 0 radical (unpaired) electrons. The monoisotopic (exact) mass is 383 g/mol. The van der Waals surface area contributed by atoms with Crippen LogP contribution in [-0.4, -0.2) is 28.6 Å². The van der Waals surface area contributed by atoms with Crippen LogP contribution in [0, 0.1) is 5.41 Å². The molecule has 0 atom stereocenters. The lowest BCUT2D eigenvalue weighted by molar-refractivity contribution is -0.123. The van der Waals surface area contributed by atoms with Crippen LogP contribution >= 0.6 is 0 Å². The van der Waals surface area contributed by atoms with Gasteiger partial charge in [0.05, 0.1) is 6.54 Å². The van der Waals surface area contributed by atoms with E-state index in [0.29, 0.717) is 5.57 Å². The summed E-state index contributed by atoms with van der Waals surface area (Å²) >= 11 is 0. The molecule has 0 aromatic carbocycles. The van der Waals surface area contributed by atoms with Gasteiger partial charge in [-0.1, -0.05) is 61.4 Å². The predicted octanol–water partition coefficient (Wildman–Crippen LogP) is 6.21. The van der Waals surface area contributed by atoms with Crippen LogP contribution in [0.3, 0.4) is 0 Å². The van der Waals surface area contributed by atoms with Crippen LogP contribution in [0.1, 0.15) is 53.9 Å². The van der Waals surface area contributed by atoms with Crippen LogP contribution in [0.4, 0.5) is 4.79 Å². The van der Waals surface area contributed by atoms with Crippen molar-refractivity contribution in [2.24, 2.45) is 5.41 Å². The summed E-state index contributed by atoms with van der Waals surface area (Å²) in [6.45, 7) is 14.1. The van der Waals surface area contributed by atoms with Crippen molar-refractivity contribution in [3.05, 3.63) is 71.4 Å². The number of rotatable bonds is 7. The summed E-state index contributed by atoms with van der Waals surface area (Å²) in [5.41, 5.74) is 4.90. The number of carbonyl (C=O) groups is 2. The molecule has 0 spiro atoms. The van der Waals surface area contributed by atoms with Crippen LogP contribution in [0.15, 0.2) is 71.4 Å². The second-order valence-electron chi connectivity index (χ2n) is 7.94. The van der Waals surface area contributed by atoms with E-state index in [2.05, 4.69) is 39.5 Å². The fourth-order valence-corrected chi connectivity index (χ4v) is 3.34. The van der Waals surface area contributed by atoms with Gasteiger partial charge in [0.2, 0.25) is 0 Å². The van der Waals surface area contributed by atoms with Gasteiger partial charge in [0.1, 0.15) is 0 Å². The molecule has 0 saturated heterocycles. The molecule has 0 heterocycles. The molecule has 4 heteroatoms. The third kappa shape index (κ3) is 7.18. The molecule has 1 aliphatic rings. The Morgan fingerprint density at radius 3 is 2.46 bits per heavy atom. The number of imide groups is 1. The highest BCUT2D eigenvalue weighted by Gasteiger charge is 2.26. The van der Waals surface area contributed by atoms with Crippen molar-refractivity contribution < 1.29 is 14.7 Å². The number of carbonyl (C=O) groups excluding carboxylic acids is 1. The second kappa shape index (κ2) is 10.6. The largest absolute Gasteiger partial charge is 0.465 e. The highest BCUT2D eigenvalue weighted by molar-refractivity contribution is 5.98. The molecule has 28 heavy (non-hydrogen) atoms. The van der Waals surface area contributed by atoms with Crippen molar-refractivity contribution in [1.82, 2.24) is 4.90 Å². The quantitative estimate of drug-likeness (QED) is 0.323. The van der Waals surface area contributed by atoms with E-state index in [-0.39, 0.29) is 12.0 Å². The number of hydrogen-bond donors (Lipinski definition) is 1. The van der Waals surface area contributed by atoms with Crippen molar-refractivity contribution in [1.29, 1.82) is 0 Å². The zero-order chi connectivity index (χ0) is 21.3. The predicted molar refractivity (Wildman–Crippen MR) is 116 cm³/mol. The van der Waals surface area contributed by atoms with Crippen LogP contribution in [0.2, 0.25) is 0 Å². The minimum Gasteiger partial charge on any atom is -0.465 e. The molecule has 0 aromatic heterocycles. The molecule has 1 rings (SSSR count). The maximum atomic E-state index is 12.0. The smallest absolute Gasteiger partial charge is 0.414 e. The van der Waals surface area contributed by atoms with Gasteiger partial charge in [-0.3, -0.25) is 4.79 Å². The number of carboxylic acid groups (broad SMARTS) is 1. The minimum absolute atomic E-state index is 0.0307. The van der Waals surface area contributed by atoms with Gasteiger partial charge in [0, 0.05) is 6.08 Å².